The standard InChI is InChI=1S/C13H21N3/c1-11-3-5-12(6-4-11)16-8-7-15(2)13(9-14)10-16/h3-6,13H,7-10,14H2,1-2H3. The second-order valence-electron chi connectivity index (χ2n) is 4.65. The van der Waals surface area contributed by atoms with Crippen LogP contribution in [0.1, 0.15) is 5.56 Å². The SMILES string of the molecule is Cc1ccc(N2CCN(C)C(CN)C2)cc1. The predicted octanol–water partition coefficient (Wildman–Crippen LogP) is 1.07. The highest BCUT2D eigenvalue weighted by atomic mass is 15.3. The highest BCUT2D eigenvalue weighted by molar-refractivity contribution is 5.48. The van der Waals surface area contributed by atoms with E-state index in [0.717, 1.165) is 26.2 Å². The van der Waals surface area contributed by atoms with Crippen molar-refractivity contribution in [2.24, 2.45) is 5.73 Å². The van der Waals surface area contributed by atoms with Gasteiger partial charge in [0.2, 0.25) is 0 Å². The molecule has 0 aromatic heterocycles. The predicted molar refractivity (Wildman–Crippen MR) is 68.9 cm³/mol. The minimum Gasteiger partial charge on any atom is -0.369 e. The van der Waals surface area contributed by atoms with Gasteiger partial charge in [-0.3, -0.25) is 4.90 Å². The maximum atomic E-state index is 5.79. The van der Waals surface area contributed by atoms with E-state index in [1.165, 1.54) is 11.3 Å². The van der Waals surface area contributed by atoms with Crippen LogP contribution in [0, 0.1) is 6.92 Å². The molecule has 1 unspecified atom stereocenters. The number of nitrogens with two attached hydrogens (primary N) is 1. The average molecular weight is 219 g/mol. The van der Waals surface area contributed by atoms with Crippen LogP contribution >= 0.6 is 0 Å². The van der Waals surface area contributed by atoms with Crippen LogP contribution in [0.15, 0.2) is 24.3 Å². The fraction of sp³-hybridized carbons (Fsp3) is 0.538. The Hall–Kier alpha value is -1.06. The van der Waals surface area contributed by atoms with Gasteiger partial charge in [-0.15, -0.1) is 0 Å². The number of hydrogen-bond donors (Lipinski definition) is 1. The molecule has 0 amide bonds. The van der Waals surface area contributed by atoms with Crippen LogP contribution in [0.2, 0.25) is 0 Å². The highest BCUT2D eigenvalue weighted by Crippen LogP contribution is 2.18. The summed E-state index contributed by atoms with van der Waals surface area (Å²) in [6.45, 7) is 6.08. The molecule has 1 heterocycles. The molecule has 0 aliphatic carbocycles. The summed E-state index contributed by atoms with van der Waals surface area (Å²) in [5, 5.41) is 0. The molecule has 2 N–H and O–H groups in total. The van der Waals surface area contributed by atoms with Crippen LogP contribution in [0.25, 0.3) is 0 Å². The number of anilines is 1. The third-order valence-electron chi connectivity index (χ3n) is 3.45. The van der Waals surface area contributed by atoms with E-state index in [4.69, 9.17) is 5.73 Å². The maximum absolute atomic E-state index is 5.79. The van der Waals surface area contributed by atoms with Gasteiger partial charge in [-0.25, -0.2) is 0 Å². The van der Waals surface area contributed by atoms with Crippen molar-refractivity contribution in [2.75, 3.05) is 38.1 Å². The molecule has 1 aromatic carbocycles. The summed E-state index contributed by atoms with van der Waals surface area (Å²) in [5.41, 5.74) is 8.42. The maximum Gasteiger partial charge on any atom is 0.0391 e. The van der Waals surface area contributed by atoms with Gasteiger partial charge in [-0.1, -0.05) is 17.7 Å². The summed E-state index contributed by atoms with van der Waals surface area (Å²) in [6.07, 6.45) is 0. The van der Waals surface area contributed by atoms with Crippen LogP contribution in [-0.2, 0) is 0 Å². The first-order chi connectivity index (χ1) is 7.70. The van der Waals surface area contributed by atoms with Gasteiger partial charge in [0.15, 0.2) is 0 Å². The molecule has 0 bridgehead atoms. The number of piperazine rings is 1. The summed E-state index contributed by atoms with van der Waals surface area (Å²) in [7, 11) is 2.16. The normalized spacial score (nSPS) is 22.4. The molecule has 1 aliphatic rings. The molecule has 0 saturated carbocycles. The molecule has 1 saturated heterocycles. The Morgan fingerprint density at radius 2 is 1.94 bits per heavy atom. The van der Waals surface area contributed by atoms with Crippen molar-refractivity contribution in [1.82, 2.24) is 4.90 Å². The number of aryl methyl sites for hydroxylation is 1. The average Bonchev–Trinajstić information content (AvgIpc) is 2.31. The molecule has 2 rings (SSSR count). The third-order valence-corrected chi connectivity index (χ3v) is 3.45. The smallest absolute Gasteiger partial charge is 0.0391 e. The Morgan fingerprint density at radius 3 is 2.56 bits per heavy atom. The van der Waals surface area contributed by atoms with Crippen molar-refractivity contribution in [3.63, 3.8) is 0 Å². The second-order valence-corrected chi connectivity index (χ2v) is 4.65. The van der Waals surface area contributed by atoms with E-state index in [-0.39, 0.29) is 0 Å². The fourth-order valence-electron chi connectivity index (χ4n) is 2.19. The monoisotopic (exact) mass is 219 g/mol. The lowest BCUT2D eigenvalue weighted by molar-refractivity contribution is 0.224. The topological polar surface area (TPSA) is 32.5 Å². The summed E-state index contributed by atoms with van der Waals surface area (Å²) in [4.78, 5) is 4.78. The molecule has 1 aliphatic heterocycles. The Kier molecular flexibility index (Phi) is 3.46. The van der Waals surface area contributed by atoms with Crippen LogP contribution in [-0.4, -0.2) is 44.2 Å². The van der Waals surface area contributed by atoms with E-state index in [1.54, 1.807) is 0 Å². The second kappa shape index (κ2) is 4.85. The lowest BCUT2D eigenvalue weighted by Crippen LogP contribution is -2.54. The van der Waals surface area contributed by atoms with Crippen LogP contribution in [0.3, 0.4) is 0 Å². The Labute approximate surface area is 97.8 Å². The van der Waals surface area contributed by atoms with Crippen LogP contribution in [0.4, 0.5) is 5.69 Å². The quantitative estimate of drug-likeness (QED) is 0.807. The minimum atomic E-state index is 0.482. The van der Waals surface area contributed by atoms with Crippen molar-refractivity contribution in [1.29, 1.82) is 0 Å². The van der Waals surface area contributed by atoms with Gasteiger partial charge in [0.05, 0.1) is 0 Å². The summed E-state index contributed by atoms with van der Waals surface area (Å²) < 4.78 is 0. The van der Waals surface area contributed by atoms with Crippen molar-refractivity contribution in [2.45, 2.75) is 13.0 Å². The number of hydrogen-bond acceptors (Lipinski definition) is 3. The number of rotatable bonds is 2. The lowest BCUT2D eigenvalue weighted by atomic mass is 10.1. The zero-order valence-corrected chi connectivity index (χ0v) is 10.2. The van der Waals surface area contributed by atoms with E-state index in [0.29, 0.717) is 6.04 Å². The number of likely N-dealkylation sites (N-methyl/N-ethyl adjacent to an activating group) is 1. The summed E-state index contributed by atoms with van der Waals surface area (Å²) in [6, 6.07) is 9.23. The van der Waals surface area contributed by atoms with E-state index < -0.39 is 0 Å². The lowest BCUT2D eigenvalue weighted by Gasteiger charge is -2.40. The van der Waals surface area contributed by atoms with Crippen molar-refractivity contribution in [3.05, 3.63) is 29.8 Å². The Morgan fingerprint density at radius 1 is 1.25 bits per heavy atom. The molecule has 3 nitrogen and oxygen atoms in total. The van der Waals surface area contributed by atoms with Crippen molar-refractivity contribution < 1.29 is 0 Å². The van der Waals surface area contributed by atoms with Gasteiger partial charge >= 0.3 is 0 Å². The molecular weight excluding hydrogens is 198 g/mol. The molecule has 0 spiro atoms. The van der Waals surface area contributed by atoms with E-state index in [2.05, 4.69) is 48.0 Å². The van der Waals surface area contributed by atoms with Gasteiger partial charge in [0.25, 0.3) is 0 Å². The van der Waals surface area contributed by atoms with Crippen LogP contribution < -0.4 is 10.6 Å². The zero-order valence-electron chi connectivity index (χ0n) is 10.2. The van der Waals surface area contributed by atoms with Crippen LogP contribution in [0.5, 0.6) is 0 Å². The first kappa shape index (κ1) is 11.4. The Bertz CT molecular complexity index is 334. The first-order valence-corrected chi connectivity index (χ1v) is 5.92. The fourth-order valence-corrected chi connectivity index (χ4v) is 2.19. The van der Waals surface area contributed by atoms with E-state index in [1.807, 2.05) is 0 Å². The molecule has 0 radical (unpaired) electrons. The molecular formula is C13H21N3. The van der Waals surface area contributed by atoms with Crippen molar-refractivity contribution >= 4 is 5.69 Å². The van der Waals surface area contributed by atoms with E-state index in [9.17, 15) is 0 Å². The summed E-state index contributed by atoms with van der Waals surface area (Å²) in [5.74, 6) is 0. The van der Waals surface area contributed by atoms with Gasteiger partial charge in [0.1, 0.15) is 0 Å². The summed E-state index contributed by atoms with van der Waals surface area (Å²) >= 11 is 0. The molecule has 1 fully saturated rings. The largest absolute Gasteiger partial charge is 0.369 e. The molecule has 16 heavy (non-hydrogen) atoms. The molecule has 88 valence electrons. The third kappa shape index (κ3) is 2.36. The van der Waals surface area contributed by atoms with Gasteiger partial charge in [-0.2, -0.15) is 0 Å². The zero-order chi connectivity index (χ0) is 11.5. The van der Waals surface area contributed by atoms with Gasteiger partial charge in [-0.05, 0) is 26.1 Å². The first-order valence-electron chi connectivity index (χ1n) is 5.92. The molecule has 1 atom stereocenters. The van der Waals surface area contributed by atoms with E-state index >= 15 is 0 Å². The minimum absolute atomic E-state index is 0.482. The number of nitrogens with zero attached hydrogens (tertiary/aromatic N) is 2. The molecule has 3 heteroatoms. The highest BCUT2D eigenvalue weighted by Gasteiger charge is 2.22. The van der Waals surface area contributed by atoms with Crippen molar-refractivity contribution in [3.8, 4) is 0 Å². The molecule has 1 aromatic rings. The van der Waals surface area contributed by atoms with Gasteiger partial charge in [0, 0.05) is 37.9 Å². The Balaban J connectivity index is 2.08. The van der Waals surface area contributed by atoms with Gasteiger partial charge < -0.3 is 10.6 Å². The number of benzene rings is 1.